The van der Waals surface area contributed by atoms with Crippen LogP contribution in [0.1, 0.15) is 12.5 Å². The average Bonchev–Trinajstić information content (AvgIpc) is 2.31. The maximum atomic E-state index is 8.54. The van der Waals surface area contributed by atoms with Crippen LogP contribution in [0.5, 0.6) is 0 Å². The molecule has 0 aliphatic carbocycles. The summed E-state index contributed by atoms with van der Waals surface area (Å²) >= 11 is 0. The van der Waals surface area contributed by atoms with Crippen molar-refractivity contribution in [1.82, 2.24) is 0 Å². The monoisotopic (exact) mass is 212 g/mol. The van der Waals surface area contributed by atoms with E-state index in [0.29, 0.717) is 0 Å². The number of aliphatic hydroxyl groups is 3. The number of hydrogen-bond donors (Lipinski definition) is 3. The molecule has 86 valence electrons. The highest BCUT2D eigenvalue weighted by Crippen LogP contribution is 1.95. The lowest BCUT2D eigenvalue weighted by atomic mass is 10.2. The van der Waals surface area contributed by atoms with E-state index in [4.69, 9.17) is 15.3 Å². The van der Waals surface area contributed by atoms with E-state index in [2.05, 4.69) is 6.58 Å². The van der Waals surface area contributed by atoms with E-state index in [1.54, 1.807) is 6.08 Å². The summed E-state index contributed by atoms with van der Waals surface area (Å²) in [6.07, 6.45) is 1.75. The Kier molecular flexibility index (Phi) is 16.6. The fraction of sp³-hybridized carbons (Fsp3) is 0.333. The van der Waals surface area contributed by atoms with Crippen LogP contribution in [0.4, 0.5) is 0 Å². The van der Waals surface area contributed by atoms with Crippen LogP contribution < -0.4 is 0 Å². The Bertz CT molecular complexity index is 207. The van der Waals surface area contributed by atoms with Crippen molar-refractivity contribution in [2.45, 2.75) is 13.5 Å². The molecule has 0 aromatic heterocycles. The van der Waals surface area contributed by atoms with Gasteiger partial charge in [-0.2, -0.15) is 0 Å². The van der Waals surface area contributed by atoms with Crippen molar-refractivity contribution in [2.24, 2.45) is 0 Å². The van der Waals surface area contributed by atoms with Crippen molar-refractivity contribution in [3.63, 3.8) is 0 Å². The molecule has 15 heavy (non-hydrogen) atoms. The largest absolute Gasteiger partial charge is 0.394 e. The van der Waals surface area contributed by atoms with Gasteiger partial charge in [0.15, 0.2) is 0 Å². The molecule has 3 N–H and O–H groups in total. The summed E-state index contributed by atoms with van der Waals surface area (Å²) in [7, 11) is 0. The molecule has 3 heteroatoms. The molecule has 0 atom stereocenters. The molecule has 0 amide bonds. The summed E-state index contributed by atoms with van der Waals surface area (Å²) < 4.78 is 0. The number of rotatable bonds is 2. The lowest BCUT2D eigenvalue weighted by molar-refractivity contribution is 0.186. The van der Waals surface area contributed by atoms with E-state index >= 15 is 0 Å². The molecule has 1 aromatic carbocycles. The molecule has 0 spiro atoms. The zero-order valence-electron chi connectivity index (χ0n) is 9.13. The van der Waals surface area contributed by atoms with Crippen LogP contribution in [0.2, 0.25) is 0 Å². The Morgan fingerprint density at radius 1 is 1.07 bits per heavy atom. The average molecular weight is 212 g/mol. The Morgan fingerprint density at radius 3 is 1.67 bits per heavy atom. The maximum Gasteiger partial charge on any atom is 0.0681 e. The van der Waals surface area contributed by atoms with Gasteiger partial charge in [-0.15, -0.1) is 6.58 Å². The summed E-state index contributed by atoms with van der Waals surface area (Å²) in [5.74, 6) is 0. The zero-order chi connectivity index (χ0) is 11.9. The fourth-order valence-electron chi connectivity index (χ4n) is 0.583. The Labute approximate surface area is 91.3 Å². The van der Waals surface area contributed by atoms with E-state index < -0.39 is 0 Å². The van der Waals surface area contributed by atoms with Gasteiger partial charge in [0.2, 0.25) is 0 Å². The molecule has 0 saturated heterocycles. The molecular formula is C12H20O3. The second-order valence-electron chi connectivity index (χ2n) is 2.50. The van der Waals surface area contributed by atoms with E-state index in [1.807, 2.05) is 37.3 Å². The molecule has 0 aliphatic heterocycles. The number of allylic oxidation sites excluding steroid dienone is 1. The summed E-state index contributed by atoms with van der Waals surface area (Å²) in [6, 6.07) is 9.52. The highest BCUT2D eigenvalue weighted by Gasteiger charge is 1.81. The minimum absolute atomic E-state index is 0.125. The molecule has 0 fully saturated rings. The first-order valence-corrected chi connectivity index (χ1v) is 4.70. The quantitative estimate of drug-likeness (QED) is 0.648. The topological polar surface area (TPSA) is 60.7 Å². The smallest absolute Gasteiger partial charge is 0.0681 e. The standard InChI is InChI=1S/C7H8O.C3H6.C2H6O2/c8-6-7-4-2-1-3-5-7;1-3-2;3-1-2-4/h1-5,8H,6H2;3H,1H2,2H3;3-4H,1-2H2. The molecule has 0 unspecified atom stereocenters. The van der Waals surface area contributed by atoms with Gasteiger partial charge in [0.1, 0.15) is 0 Å². The Balaban J connectivity index is 0. The zero-order valence-corrected chi connectivity index (χ0v) is 9.13. The van der Waals surface area contributed by atoms with Gasteiger partial charge in [-0.25, -0.2) is 0 Å². The molecule has 0 bridgehead atoms. The third-order valence-corrected chi connectivity index (χ3v) is 1.13. The van der Waals surface area contributed by atoms with Gasteiger partial charge in [-0.05, 0) is 12.5 Å². The van der Waals surface area contributed by atoms with Gasteiger partial charge >= 0.3 is 0 Å². The highest BCUT2D eigenvalue weighted by atomic mass is 16.3. The maximum absolute atomic E-state index is 8.54. The van der Waals surface area contributed by atoms with Gasteiger partial charge < -0.3 is 15.3 Å². The van der Waals surface area contributed by atoms with Crippen molar-refractivity contribution < 1.29 is 15.3 Å². The minimum atomic E-state index is -0.125. The first-order valence-electron chi connectivity index (χ1n) is 4.70. The third kappa shape index (κ3) is 15.6. The molecule has 0 heterocycles. The van der Waals surface area contributed by atoms with E-state index in [9.17, 15) is 0 Å². The van der Waals surface area contributed by atoms with Crippen LogP contribution in [0, 0.1) is 0 Å². The second kappa shape index (κ2) is 15.3. The molecular weight excluding hydrogens is 192 g/mol. The van der Waals surface area contributed by atoms with E-state index in [1.165, 1.54) is 0 Å². The van der Waals surface area contributed by atoms with Crippen molar-refractivity contribution in [2.75, 3.05) is 13.2 Å². The summed E-state index contributed by atoms with van der Waals surface area (Å²) in [5, 5.41) is 23.8. The van der Waals surface area contributed by atoms with E-state index in [0.717, 1.165) is 5.56 Å². The summed E-state index contributed by atoms with van der Waals surface area (Å²) in [5.41, 5.74) is 0.965. The first kappa shape index (κ1) is 16.3. The molecule has 0 aliphatic rings. The lowest BCUT2D eigenvalue weighted by Gasteiger charge is -1.89. The minimum Gasteiger partial charge on any atom is -0.394 e. The molecule has 3 nitrogen and oxygen atoms in total. The van der Waals surface area contributed by atoms with Crippen LogP contribution in [-0.4, -0.2) is 28.5 Å². The van der Waals surface area contributed by atoms with E-state index in [-0.39, 0.29) is 19.8 Å². The molecule has 0 saturated carbocycles. The van der Waals surface area contributed by atoms with Crippen LogP contribution in [0.25, 0.3) is 0 Å². The fourth-order valence-corrected chi connectivity index (χ4v) is 0.583. The third-order valence-electron chi connectivity index (χ3n) is 1.13. The second-order valence-corrected chi connectivity index (χ2v) is 2.50. The number of hydrogen-bond acceptors (Lipinski definition) is 3. The van der Waals surface area contributed by atoms with Crippen LogP contribution in [-0.2, 0) is 6.61 Å². The van der Waals surface area contributed by atoms with Gasteiger partial charge in [0.05, 0.1) is 19.8 Å². The predicted octanol–water partition coefficient (Wildman–Crippen LogP) is 1.34. The Hall–Kier alpha value is -1.16. The Morgan fingerprint density at radius 2 is 1.47 bits per heavy atom. The predicted molar refractivity (Wildman–Crippen MR) is 62.4 cm³/mol. The molecule has 1 rings (SSSR count). The van der Waals surface area contributed by atoms with Crippen LogP contribution in [0.3, 0.4) is 0 Å². The normalized spacial score (nSPS) is 7.73. The van der Waals surface area contributed by atoms with Gasteiger partial charge in [0, 0.05) is 0 Å². The van der Waals surface area contributed by atoms with Gasteiger partial charge in [0.25, 0.3) is 0 Å². The van der Waals surface area contributed by atoms with Crippen molar-refractivity contribution in [3.05, 3.63) is 48.6 Å². The van der Waals surface area contributed by atoms with Gasteiger partial charge in [-0.3, -0.25) is 0 Å². The number of benzene rings is 1. The van der Waals surface area contributed by atoms with Gasteiger partial charge in [-0.1, -0.05) is 36.4 Å². The highest BCUT2D eigenvalue weighted by molar-refractivity contribution is 5.12. The lowest BCUT2D eigenvalue weighted by Crippen LogP contribution is -1.85. The van der Waals surface area contributed by atoms with Crippen LogP contribution >= 0.6 is 0 Å². The molecule has 1 aromatic rings. The summed E-state index contributed by atoms with van der Waals surface area (Å²) in [6.45, 7) is 5.14. The van der Waals surface area contributed by atoms with Crippen LogP contribution in [0.15, 0.2) is 43.0 Å². The van der Waals surface area contributed by atoms with Crippen molar-refractivity contribution in [3.8, 4) is 0 Å². The first-order chi connectivity index (χ1) is 7.26. The summed E-state index contributed by atoms with van der Waals surface area (Å²) in [4.78, 5) is 0. The van der Waals surface area contributed by atoms with Crippen molar-refractivity contribution >= 4 is 0 Å². The molecule has 0 radical (unpaired) electrons. The van der Waals surface area contributed by atoms with Crippen molar-refractivity contribution in [1.29, 1.82) is 0 Å². The number of aliphatic hydroxyl groups excluding tert-OH is 3. The SMILES string of the molecule is C=CC.OCCO.OCc1ccccc1.